The van der Waals surface area contributed by atoms with E-state index in [2.05, 4.69) is 32.3 Å². The highest BCUT2D eigenvalue weighted by Crippen LogP contribution is 2.32. The van der Waals surface area contributed by atoms with E-state index < -0.39 is 0 Å². The monoisotopic (exact) mass is 277 g/mol. The van der Waals surface area contributed by atoms with E-state index in [0.717, 1.165) is 26.8 Å². The van der Waals surface area contributed by atoms with Gasteiger partial charge in [-0.15, -0.1) is 0 Å². The van der Waals surface area contributed by atoms with Crippen LogP contribution in [-0.2, 0) is 0 Å². The number of hydrogen-bond donors (Lipinski definition) is 2. The van der Waals surface area contributed by atoms with E-state index in [0.29, 0.717) is 6.04 Å². The third-order valence-electron chi connectivity index (χ3n) is 2.79. The summed E-state index contributed by atoms with van der Waals surface area (Å²) in [5.41, 5.74) is 6.77. The van der Waals surface area contributed by atoms with Crippen molar-refractivity contribution in [2.45, 2.75) is 18.9 Å². The number of nitrogen functional groups attached to an aromatic ring is 1. The molecule has 4 heteroatoms. The van der Waals surface area contributed by atoms with Gasteiger partial charge in [-0.2, -0.15) is 0 Å². The van der Waals surface area contributed by atoms with Gasteiger partial charge < -0.3 is 11.1 Å². The largest absolute Gasteiger partial charge is 0.398 e. The van der Waals surface area contributed by atoms with Gasteiger partial charge >= 0.3 is 0 Å². The molecule has 0 atom stereocenters. The highest BCUT2D eigenvalue weighted by atomic mass is 79.9. The lowest BCUT2D eigenvalue weighted by Gasteiger charge is -2.09. The number of anilines is 2. The normalized spacial score (nSPS) is 15.3. The quantitative estimate of drug-likeness (QED) is 0.830. The Hall–Kier alpha value is -1.29. The number of aromatic nitrogens is 1. The number of hydrogen-bond acceptors (Lipinski definition) is 3. The Morgan fingerprint density at radius 1 is 1.31 bits per heavy atom. The van der Waals surface area contributed by atoms with Gasteiger partial charge in [0.2, 0.25) is 0 Å². The van der Waals surface area contributed by atoms with Crippen LogP contribution >= 0.6 is 15.9 Å². The number of nitrogens with two attached hydrogens (primary N) is 1. The summed E-state index contributed by atoms with van der Waals surface area (Å²) in [6.07, 6.45) is 4.28. The van der Waals surface area contributed by atoms with E-state index in [-0.39, 0.29) is 0 Å². The lowest BCUT2D eigenvalue weighted by atomic mass is 10.1. The van der Waals surface area contributed by atoms with Gasteiger partial charge in [0.25, 0.3) is 0 Å². The fraction of sp³-hybridized carbons (Fsp3) is 0.250. The summed E-state index contributed by atoms with van der Waals surface area (Å²) in [4.78, 5) is 4.38. The SMILES string of the molecule is Nc1cc(Br)cc2c(NC3CC3)nccc12. The second-order valence-corrected chi connectivity index (χ2v) is 5.08. The molecular weight excluding hydrogens is 266 g/mol. The minimum absolute atomic E-state index is 0.596. The molecule has 1 fully saturated rings. The van der Waals surface area contributed by atoms with Crippen LogP contribution in [0.4, 0.5) is 11.5 Å². The molecule has 0 radical (unpaired) electrons. The molecule has 0 bridgehead atoms. The van der Waals surface area contributed by atoms with Gasteiger partial charge in [0.05, 0.1) is 0 Å². The van der Waals surface area contributed by atoms with Crippen LogP contribution in [0.15, 0.2) is 28.9 Å². The van der Waals surface area contributed by atoms with Crippen molar-refractivity contribution < 1.29 is 0 Å². The summed E-state index contributed by atoms with van der Waals surface area (Å²) in [5, 5.41) is 5.57. The van der Waals surface area contributed by atoms with Crippen molar-refractivity contribution in [3.05, 3.63) is 28.9 Å². The highest BCUT2D eigenvalue weighted by Gasteiger charge is 2.22. The first-order valence-corrected chi connectivity index (χ1v) is 6.13. The molecule has 82 valence electrons. The molecule has 0 spiro atoms. The van der Waals surface area contributed by atoms with Crippen LogP contribution in [0.2, 0.25) is 0 Å². The van der Waals surface area contributed by atoms with Crippen molar-refractivity contribution >= 4 is 38.2 Å². The topological polar surface area (TPSA) is 50.9 Å². The van der Waals surface area contributed by atoms with E-state index >= 15 is 0 Å². The zero-order chi connectivity index (χ0) is 11.1. The fourth-order valence-corrected chi connectivity index (χ4v) is 2.29. The smallest absolute Gasteiger partial charge is 0.134 e. The summed E-state index contributed by atoms with van der Waals surface area (Å²) in [5.74, 6) is 0.938. The van der Waals surface area contributed by atoms with Crippen molar-refractivity contribution in [3.8, 4) is 0 Å². The van der Waals surface area contributed by atoms with E-state index in [4.69, 9.17) is 5.73 Å². The molecule has 0 amide bonds. The lowest BCUT2D eigenvalue weighted by Crippen LogP contribution is -2.03. The van der Waals surface area contributed by atoms with Crippen LogP contribution in [0.25, 0.3) is 10.8 Å². The van der Waals surface area contributed by atoms with Crippen LogP contribution in [0.5, 0.6) is 0 Å². The molecule has 1 heterocycles. The highest BCUT2D eigenvalue weighted by molar-refractivity contribution is 9.10. The summed E-state index contributed by atoms with van der Waals surface area (Å²) in [6.45, 7) is 0. The zero-order valence-electron chi connectivity index (χ0n) is 8.70. The summed E-state index contributed by atoms with van der Waals surface area (Å²) in [7, 11) is 0. The van der Waals surface area contributed by atoms with Gasteiger partial charge in [0, 0.05) is 33.2 Å². The second kappa shape index (κ2) is 3.63. The van der Waals surface area contributed by atoms with E-state index in [1.807, 2.05) is 12.1 Å². The molecule has 0 unspecified atom stereocenters. The van der Waals surface area contributed by atoms with Crippen LogP contribution in [0.3, 0.4) is 0 Å². The molecule has 1 saturated carbocycles. The lowest BCUT2D eigenvalue weighted by molar-refractivity contribution is 1.12. The predicted molar refractivity (Wildman–Crippen MR) is 70.5 cm³/mol. The van der Waals surface area contributed by atoms with Crippen molar-refractivity contribution in [2.75, 3.05) is 11.1 Å². The maximum atomic E-state index is 5.99. The Bertz CT molecular complexity index is 549. The van der Waals surface area contributed by atoms with Crippen LogP contribution in [0.1, 0.15) is 12.8 Å². The summed E-state index contributed by atoms with van der Waals surface area (Å²) in [6, 6.07) is 6.53. The molecule has 2 aromatic rings. The summed E-state index contributed by atoms with van der Waals surface area (Å²) >= 11 is 3.46. The van der Waals surface area contributed by atoms with Crippen molar-refractivity contribution in [3.63, 3.8) is 0 Å². The minimum Gasteiger partial charge on any atom is -0.398 e. The molecule has 0 saturated heterocycles. The number of rotatable bonds is 2. The predicted octanol–water partition coefficient (Wildman–Crippen LogP) is 3.15. The van der Waals surface area contributed by atoms with Crippen molar-refractivity contribution in [1.82, 2.24) is 4.98 Å². The van der Waals surface area contributed by atoms with Gasteiger partial charge in [0.1, 0.15) is 5.82 Å². The van der Waals surface area contributed by atoms with Crippen molar-refractivity contribution in [1.29, 1.82) is 0 Å². The van der Waals surface area contributed by atoms with E-state index in [1.54, 1.807) is 6.20 Å². The molecule has 0 aliphatic heterocycles. The Morgan fingerprint density at radius 3 is 2.88 bits per heavy atom. The Kier molecular flexibility index (Phi) is 2.24. The van der Waals surface area contributed by atoms with Crippen LogP contribution in [0, 0.1) is 0 Å². The number of fused-ring (bicyclic) bond motifs is 1. The zero-order valence-corrected chi connectivity index (χ0v) is 10.3. The van der Waals surface area contributed by atoms with Crippen LogP contribution < -0.4 is 11.1 Å². The van der Waals surface area contributed by atoms with E-state index in [9.17, 15) is 0 Å². The standard InChI is InChI=1S/C12H12BrN3/c13-7-5-10-9(11(14)6-7)3-4-15-12(10)16-8-1-2-8/h3-6,8H,1-2,14H2,(H,15,16). The third-order valence-corrected chi connectivity index (χ3v) is 3.25. The number of nitrogens with one attached hydrogen (secondary N) is 1. The first-order valence-electron chi connectivity index (χ1n) is 5.34. The maximum absolute atomic E-state index is 5.99. The third kappa shape index (κ3) is 1.73. The van der Waals surface area contributed by atoms with Gasteiger partial charge in [0.15, 0.2) is 0 Å². The fourth-order valence-electron chi connectivity index (χ4n) is 1.81. The Balaban J connectivity index is 2.19. The first-order chi connectivity index (χ1) is 7.74. The molecule has 1 aromatic carbocycles. The minimum atomic E-state index is 0.596. The molecule has 3 N–H and O–H groups in total. The van der Waals surface area contributed by atoms with Crippen molar-refractivity contribution in [2.24, 2.45) is 0 Å². The molecule has 1 aromatic heterocycles. The average molecular weight is 278 g/mol. The van der Waals surface area contributed by atoms with Gasteiger partial charge in [-0.05, 0) is 31.0 Å². The average Bonchev–Trinajstić information content (AvgIpc) is 3.03. The Morgan fingerprint density at radius 2 is 2.12 bits per heavy atom. The molecule has 3 nitrogen and oxygen atoms in total. The molecule has 3 rings (SSSR count). The number of nitrogens with zero attached hydrogens (tertiary/aromatic N) is 1. The Labute approximate surface area is 102 Å². The second-order valence-electron chi connectivity index (χ2n) is 4.17. The van der Waals surface area contributed by atoms with E-state index in [1.165, 1.54) is 12.8 Å². The number of halogens is 1. The number of benzene rings is 1. The first kappa shape index (κ1) is 9.90. The molecular formula is C12H12BrN3. The summed E-state index contributed by atoms with van der Waals surface area (Å²) < 4.78 is 0.990. The van der Waals surface area contributed by atoms with Gasteiger partial charge in [-0.3, -0.25) is 0 Å². The molecule has 1 aliphatic rings. The number of pyridine rings is 1. The van der Waals surface area contributed by atoms with Gasteiger partial charge in [-0.25, -0.2) is 4.98 Å². The maximum Gasteiger partial charge on any atom is 0.134 e. The molecule has 1 aliphatic carbocycles. The van der Waals surface area contributed by atoms with Gasteiger partial charge in [-0.1, -0.05) is 15.9 Å². The van der Waals surface area contributed by atoms with Crippen LogP contribution in [-0.4, -0.2) is 11.0 Å². The molecule has 16 heavy (non-hydrogen) atoms.